The van der Waals surface area contributed by atoms with Crippen LogP contribution in [0.15, 0.2) is 72.8 Å². The van der Waals surface area contributed by atoms with Gasteiger partial charge in [0.15, 0.2) is 6.23 Å². The third-order valence-electron chi connectivity index (χ3n) is 3.48. The Labute approximate surface area is 125 Å². The summed E-state index contributed by atoms with van der Waals surface area (Å²) in [6.07, 6.45) is -0.127. The zero-order valence-corrected chi connectivity index (χ0v) is 12.1. The van der Waals surface area contributed by atoms with E-state index >= 15 is 0 Å². The molecule has 3 rings (SSSR count). The van der Waals surface area contributed by atoms with Crippen molar-refractivity contribution in [3.63, 3.8) is 0 Å². The van der Waals surface area contributed by atoms with Crippen molar-refractivity contribution in [1.29, 1.82) is 0 Å². The standard InChI is InChI=1S/C19H19NO/c1-2-21-19(16-9-4-3-5-10-16)20-18-13-12-15-8-6-7-11-17(15)14-18/h3-14,19-20H,2H2,1H3. The highest BCUT2D eigenvalue weighted by molar-refractivity contribution is 5.85. The molecule has 0 aliphatic carbocycles. The molecule has 0 amide bonds. The normalized spacial score (nSPS) is 12.2. The van der Waals surface area contributed by atoms with Crippen molar-refractivity contribution in [1.82, 2.24) is 0 Å². The lowest BCUT2D eigenvalue weighted by molar-refractivity contribution is 0.0829. The van der Waals surface area contributed by atoms with E-state index in [-0.39, 0.29) is 6.23 Å². The Hall–Kier alpha value is -2.32. The molecule has 0 saturated heterocycles. The van der Waals surface area contributed by atoms with Crippen LogP contribution in [0.25, 0.3) is 10.8 Å². The fourth-order valence-electron chi connectivity index (χ4n) is 2.45. The molecule has 0 aromatic heterocycles. The average Bonchev–Trinajstić information content (AvgIpc) is 2.55. The Morgan fingerprint density at radius 1 is 0.857 bits per heavy atom. The van der Waals surface area contributed by atoms with Crippen molar-refractivity contribution in [3.05, 3.63) is 78.4 Å². The van der Waals surface area contributed by atoms with Crippen LogP contribution in [0.3, 0.4) is 0 Å². The van der Waals surface area contributed by atoms with Crippen LogP contribution in [-0.4, -0.2) is 6.61 Å². The number of hydrogen-bond acceptors (Lipinski definition) is 2. The number of benzene rings is 3. The molecule has 2 nitrogen and oxygen atoms in total. The maximum Gasteiger partial charge on any atom is 0.153 e. The van der Waals surface area contributed by atoms with Gasteiger partial charge in [-0.1, -0.05) is 60.7 Å². The van der Waals surface area contributed by atoms with Crippen LogP contribution < -0.4 is 5.32 Å². The fourth-order valence-corrected chi connectivity index (χ4v) is 2.45. The van der Waals surface area contributed by atoms with Gasteiger partial charge in [0.2, 0.25) is 0 Å². The highest BCUT2D eigenvalue weighted by Gasteiger charge is 2.10. The Morgan fingerprint density at radius 3 is 2.33 bits per heavy atom. The molecule has 3 aromatic carbocycles. The Bertz CT molecular complexity index is 709. The fraction of sp³-hybridized carbons (Fsp3) is 0.158. The molecule has 106 valence electrons. The lowest BCUT2D eigenvalue weighted by Gasteiger charge is -2.20. The monoisotopic (exact) mass is 277 g/mol. The average molecular weight is 277 g/mol. The smallest absolute Gasteiger partial charge is 0.153 e. The van der Waals surface area contributed by atoms with E-state index in [4.69, 9.17) is 4.74 Å². The van der Waals surface area contributed by atoms with Crippen LogP contribution in [0, 0.1) is 0 Å². The van der Waals surface area contributed by atoms with Gasteiger partial charge in [0.05, 0.1) is 0 Å². The van der Waals surface area contributed by atoms with Gasteiger partial charge in [0, 0.05) is 17.9 Å². The molecule has 0 fully saturated rings. The van der Waals surface area contributed by atoms with Gasteiger partial charge in [-0.15, -0.1) is 0 Å². The zero-order valence-electron chi connectivity index (χ0n) is 12.1. The van der Waals surface area contributed by atoms with Crippen molar-refractivity contribution in [3.8, 4) is 0 Å². The minimum absolute atomic E-state index is 0.127. The first-order chi connectivity index (χ1) is 10.4. The van der Waals surface area contributed by atoms with Crippen molar-refractivity contribution in [2.75, 3.05) is 11.9 Å². The molecule has 0 radical (unpaired) electrons. The predicted molar refractivity (Wildman–Crippen MR) is 88.4 cm³/mol. The molecule has 0 aliphatic heterocycles. The molecule has 0 aliphatic rings. The number of fused-ring (bicyclic) bond motifs is 1. The second kappa shape index (κ2) is 6.42. The van der Waals surface area contributed by atoms with E-state index in [2.05, 4.69) is 59.9 Å². The van der Waals surface area contributed by atoms with Crippen molar-refractivity contribution < 1.29 is 4.74 Å². The van der Waals surface area contributed by atoms with Gasteiger partial charge < -0.3 is 10.1 Å². The first-order valence-electron chi connectivity index (χ1n) is 7.28. The van der Waals surface area contributed by atoms with Gasteiger partial charge in [0.1, 0.15) is 0 Å². The second-order valence-electron chi connectivity index (χ2n) is 4.95. The third-order valence-corrected chi connectivity index (χ3v) is 3.48. The first-order valence-corrected chi connectivity index (χ1v) is 7.28. The molecule has 1 atom stereocenters. The summed E-state index contributed by atoms with van der Waals surface area (Å²) in [6.45, 7) is 2.68. The Morgan fingerprint density at radius 2 is 1.57 bits per heavy atom. The second-order valence-corrected chi connectivity index (χ2v) is 4.95. The number of hydrogen-bond donors (Lipinski definition) is 1. The van der Waals surface area contributed by atoms with Crippen molar-refractivity contribution in [2.45, 2.75) is 13.2 Å². The molecule has 21 heavy (non-hydrogen) atoms. The van der Waals surface area contributed by atoms with Gasteiger partial charge >= 0.3 is 0 Å². The van der Waals surface area contributed by atoms with Gasteiger partial charge in [-0.05, 0) is 29.8 Å². The maximum absolute atomic E-state index is 5.83. The molecule has 1 N–H and O–H groups in total. The number of ether oxygens (including phenoxy) is 1. The molecular formula is C19H19NO. The quantitative estimate of drug-likeness (QED) is 0.663. The van der Waals surface area contributed by atoms with Crippen molar-refractivity contribution >= 4 is 16.5 Å². The number of rotatable bonds is 5. The predicted octanol–water partition coefficient (Wildman–Crippen LogP) is 4.99. The van der Waals surface area contributed by atoms with Crippen LogP contribution in [0.4, 0.5) is 5.69 Å². The summed E-state index contributed by atoms with van der Waals surface area (Å²) in [5.41, 5.74) is 2.20. The molecule has 0 heterocycles. The summed E-state index contributed by atoms with van der Waals surface area (Å²) in [7, 11) is 0. The largest absolute Gasteiger partial charge is 0.356 e. The molecular weight excluding hydrogens is 258 g/mol. The highest BCUT2D eigenvalue weighted by Crippen LogP contribution is 2.24. The van der Waals surface area contributed by atoms with Crippen LogP contribution >= 0.6 is 0 Å². The van der Waals surface area contributed by atoms with Crippen LogP contribution in [-0.2, 0) is 4.74 Å². The lowest BCUT2D eigenvalue weighted by atomic mass is 10.1. The highest BCUT2D eigenvalue weighted by atomic mass is 16.5. The summed E-state index contributed by atoms with van der Waals surface area (Å²) in [4.78, 5) is 0. The van der Waals surface area contributed by atoms with Crippen LogP contribution in [0.1, 0.15) is 18.7 Å². The number of anilines is 1. The molecule has 0 saturated carbocycles. The zero-order chi connectivity index (χ0) is 14.5. The summed E-state index contributed by atoms with van der Waals surface area (Å²) in [6, 6.07) is 25.0. The van der Waals surface area contributed by atoms with E-state index in [1.54, 1.807) is 0 Å². The Kier molecular flexibility index (Phi) is 4.17. The SMILES string of the molecule is CCOC(Nc1ccc2ccccc2c1)c1ccccc1. The van der Waals surface area contributed by atoms with E-state index in [0.29, 0.717) is 6.61 Å². The molecule has 2 heteroatoms. The van der Waals surface area contributed by atoms with Crippen LogP contribution in [0.5, 0.6) is 0 Å². The summed E-state index contributed by atoms with van der Waals surface area (Å²) in [5.74, 6) is 0. The number of nitrogens with one attached hydrogen (secondary N) is 1. The van der Waals surface area contributed by atoms with E-state index in [0.717, 1.165) is 11.3 Å². The van der Waals surface area contributed by atoms with Gasteiger partial charge in [-0.3, -0.25) is 0 Å². The summed E-state index contributed by atoms with van der Waals surface area (Å²) < 4.78 is 5.83. The van der Waals surface area contributed by atoms with Gasteiger partial charge in [-0.25, -0.2) is 0 Å². The molecule has 1 unspecified atom stereocenters. The topological polar surface area (TPSA) is 21.3 Å². The first kappa shape index (κ1) is 13.7. The maximum atomic E-state index is 5.83. The molecule has 3 aromatic rings. The molecule has 0 bridgehead atoms. The van der Waals surface area contributed by atoms with E-state index in [9.17, 15) is 0 Å². The van der Waals surface area contributed by atoms with Gasteiger partial charge in [-0.2, -0.15) is 0 Å². The molecule has 0 spiro atoms. The summed E-state index contributed by atoms with van der Waals surface area (Å²) in [5, 5.41) is 5.94. The minimum atomic E-state index is -0.127. The van der Waals surface area contributed by atoms with Gasteiger partial charge in [0.25, 0.3) is 0 Å². The summed E-state index contributed by atoms with van der Waals surface area (Å²) >= 11 is 0. The lowest BCUT2D eigenvalue weighted by Crippen LogP contribution is -2.14. The van der Waals surface area contributed by atoms with E-state index in [1.807, 2.05) is 25.1 Å². The third kappa shape index (κ3) is 3.23. The minimum Gasteiger partial charge on any atom is -0.356 e. The Balaban J connectivity index is 1.87. The van der Waals surface area contributed by atoms with Crippen LogP contribution in [0.2, 0.25) is 0 Å². The van der Waals surface area contributed by atoms with E-state index in [1.165, 1.54) is 10.8 Å². The van der Waals surface area contributed by atoms with Crippen molar-refractivity contribution in [2.24, 2.45) is 0 Å². The van der Waals surface area contributed by atoms with E-state index < -0.39 is 0 Å².